The van der Waals surface area contributed by atoms with Crippen LogP contribution in [0.1, 0.15) is 13.3 Å². The number of sulfone groups is 1. The Bertz CT molecular complexity index is 613. The highest BCUT2D eigenvalue weighted by molar-refractivity contribution is 7.90. The quantitative estimate of drug-likeness (QED) is 0.861. The molecule has 1 heterocycles. The molecular formula is C15H22N2O4S. The van der Waals surface area contributed by atoms with Crippen molar-refractivity contribution in [2.75, 3.05) is 32.5 Å². The summed E-state index contributed by atoms with van der Waals surface area (Å²) in [4.78, 5) is 14.2. The van der Waals surface area contributed by atoms with Gasteiger partial charge in [0.2, 0.25) is 5.91 Å². The maximum Gasteiger partial charge on any atom is 0.226 e. The third-order valence-electron chi connectivity index (χ3n) is 3.56. The van der Waals surface area contributed by atoms with Gasteiger partial charge in [-0.1, -0.05) is 0 Å². The fourth-order valence-electron chi connectivity index (χ4n) is 2.36. The Kier molecular flexibility index (Phi) is 5.42. The van der Waals surface area contributed by atoms with Crippen molar-refractivity contribution >= 4 is 15.7 Å². The van der Waals surface area contributed by atoms with Gasteiger partial charge >= 0.3 is 0 Å². The van der Waals surface area contributed by atoms with Gasteiger partial charge < -0.3 is 15.0 Å². The van der Waals surface area contributed by atoms with Gasteiger partial charge in [-0.25, -0.2) is 8.42 Å². The monoisotopic (exact) mass is 326 g/mol. The molecule has 0 spiro atoms. The largest absolute Gasteiger partial charge is 0.493 e. The molecule has 0 radical (unpaired) electrons. The first-order chi connectivity index (χ1) is 10.4. The zero-order valence-corrected chi connectivity index (χ0v) is 13.7. The van der Waals surface area contributed by atoms with Gasteiger partial charge in [-0.3, -0.25) is 4.79 Å². The zero-order chi connectivity index (χ0) is 16.2. The van der Waals surface area contributed by atoms with Crippen LogP contribution < -0.4 is 10.1 Å². The van der Waals surface area contributed by atoms with Gasteiger partial charge in [0.1, 0.15) is 5.75 Å². The van der Waals surface area contributed by atoms with E-state index in [2.05, 4.69) is 12.2 Å². The molecule has 0 aromatic heterocycles. The van der Waals surface area contributed by atoms with Crippen LogP contribution in [0.5, 0.6) is 5.75 Å². The summed E-state index contributed by atoms with van der Waals surface area (Å²) >= 11 is 0. The summed E-state index contributed by atoms with van der Waals surface area (Å²) in [7, 11) is -3.20. The molecule has 1 aromatic rings. The lowest BCUT2D eigenvalue weighted by molar-refractivity contribution is -0.132. The highest BCUT2D eigenvalue weighted by Crippen LogP contribution is 2.16. The molecular weight excluding hydrogens is 304 g/mol. The van der Waals surface area contributed by atoms with E-state index in [4.69, 9.17) is 4.74 Å². The lowest BCUT2D eigenvalue weighted by Crippen LogP contribution is -2.51. The number of rotatable bonds is 5. The number of amides is 1. The Labute approximate surface area is 131 Å². The number of nitrogens with zero attached hydrogens (tertiary/aromatic N) is 1. The first-order valence-corrected chi connectivity index (χ1v) is 9.19. The van der Waals surface area contributed by atoms with Crippen LogP contribution in [0.25, 0.3) is 0 Å². The number of hydrogen-bond donors (Lipinski definition) is 1. The van der Waals surface area contributed by atoms with Crippen LogP contribution in [-0.4, -0.2) is 57.8 Å². The van der Waals surface area contributed by atoms with E-state index in [9.17, 15) is 13.2 Å². The van der Waals surface area contributed by atoms with Crippen molar-refractivity contribution in [1.29, 1.82) is 0 Å². The van der Waals surface area contributed by atoms with E-state index in [1.54, 1.807) is 12.1 Å². The minimum absolute atomic E-state index is 0.0844. The van der Waals surface area contributed by atoms with Crippen LogP contribution in [0.3, 0.4) is 0 Å². The van der Waals surface area contributed by atoms with Crippen LogP contribution in [0.2, 0.25) is 0 Å². The minimum Gasteiger partial charge on any atom is -0.493 e. The number of carbonyl (C=O) groups is 1. The number of piperazine rings is 1. The normalized spacial score (nSPS) is 19.0. The molecule has 1 aliphatic rings. The van der Waals surface area contributed by atoms with E-state index in [0.29, 0.717) is 18.2 Å². The molecule has 1 atom stereocenters. The number of ether oxygens (including phenoxy) is 1. The van der Waals surface area contributed by atoms with E-state index in [0.717, 1.165) is 25.9 Å². The van der Waals surface area contributed by atoms with Gasteiger partial charge in [0.15, 0.2) is 9.84 Å². The van der Waals surface area contributed by atoms with Crippen molar-refractivity contribution in [2.45, 2.75) is 24.3 Å². The molecule has 0 bridgehead atoms. The van der Waals surface area contributed by atoms with Crippen molar-refractivity contribution < 1.29 is 17.9 Å². The predicted octanol–water partition coefficient (Wildman–Crippen LogP) is 0.679. The lowest BCUT2D eigenvalue weighted by atomic mass is 10.2. The molecule has 0 unspecified atom stereocenters. The van der Waals surface area contributed by atoms with Crippen LogP contribution in [-0.2, 0) is 14.6 Å². The smallest absolute Gasteiger partial charge is 0.226 e. The van der Waals surface area contributed by atoms with Crippen molar-refractivity contribution in [2.24, 2.45) is 0 Å². The van der Waals surface area contributed by atoms with E-state index in [-0.39, 0.29) is 17.4 Å². The third-order valence-corrected chi connectivity index (χ3v) is 4.69. The molecule has 2 rings (SSSR count). The van der Waals surface area contributed by atoms with Crippen molar-refractivity contribution in [3.8, 4) is 5.75 Å². The van der Waals surface area contributed by atoms with E-state index in [1.807, 2.05) is 4.90 Å². The molecule has 1 fully saturated rings. The summed E-state index contributed by atoms with van der Waals surface area (Å²) in [6.07, 6.45) is 1.48. The number of hydrogen-bond acceptors (Lipinski definition) is 5. The summed E-state index contributed by atoms with van der Waals surface area (Å²) in [5, 5.41) is 3.29. The van der Waals surface area contributed by atoms with E-state index >= 15 is 0 Å². The van der Waals surface area contributed by atoms with Crippen molar-refractivity contribution in [3.63, 3.8) is 0 Å². The highest BCUT2D eigenvalue weighted by Gasteiger charge is 2.20. The topological polar surface area (TPSA) is 75.7 Å². The second-order valence-corrected chi connectivity index (χ2v) is 7.55. The van der Waals surface area contributed by atoms with E-state index in [1.165, 1.54) is 12.1 Å². The molecule has 1 aliphatic heterocycles. The maximum absolute atomic E-state index is 12.1. The SMILES string of the molecule is C[C@H]1CN(C(=O)CCOc2ccc(S(C)(=O)=O)cc2)CCN1. The van der Waals surface area contributed by atoms with Gasteiger partial charge in [0.05, 0.1) is 17.9 Å². The summed E-state index contributed by atoms with van der Waals surface area (Å²) in [6.45, 7) is 4.61. The first-order valence-electron chi connectivity index (χ1n) is 7.30. The summed E-state index contributed by atoms with van der Waals surface area (Å²) < 4.78 is 28.2. The van der Waals surface area contributed by atoms with Gasteiger partial charge in [0.25, 0.3) is 0 Å². The minimum atomic E-state index is -3.20. The average molecular weight is 326 g/mol. The number of carbonyl (C=O) groups excluding carboxylic acids is 1. The lowest BCUT2D eigenvalue weighted by Gasteiger charge is -2.31. The van der Waals surface area contributed by atoms with Crippen LogP contribution in [0.15, 0.2) is 29.2 Å². The van der Waals surface area contributed by atoms with Crippen LogP contribution in [0, 0.1) is 0 Å². The molecule has 7 heteroatoms. The second kappa shape index (κ2) is 7.11. The molecule has 0 saturated carbocycles. The van der Waals surface area contributed by atoms with Gasteiger partial charge in [-0.15, -0.1) is 0 Å². The van der Waals surface area contributed by atoms with Gasteiger partial charge in [-0.05, 0) is 31.2 Å². The zero-order valence-electron chi connectivity index (χ0n) is 12.9. The fraction of sp³-hybridized carbons (Fsp3) is 0.533. The van der Waals surface area contributed by atoms with Gasteiger partial charge in [0, 0.05) is 31.9 Å². The van der Waals surface area contributed by atoms with Gasteiger partial charge in [-0.2, -0.15) is 0 Å². The Balaban J connectivity index is 1.80. The molecule has 0 aliphatic carbocycles. The first kappa shape index (κ1) is 16.8. The molecule has 122 valence electrons. The average Bonchev–Trinajstić information content (AvgIpc) is 2.47. The summed E-state index contributed by atoms with van der Waals surface area (Å²) in [5.41, 5.74) is 0. The van der Waals surface area contributed by atoms with Crippen molar-refractivity contribution in [1.82, 2.24) is 10.2 Å². The molecule has 1 aromatic carbocycles. The molecule has 1 saturated heterocycles. The number of nitrogens with one attached hydrogen (secondary N) is 1. The Hall–Kier alpha value is -1.60. The highest BCUT2D eigenvalue weighted by atomic mass is 32.2. The van der Waals surface area contributed by atoms with Crippen molar-refractivity contribution in [3.05, 3.63) is 24.3 Å². The molecule has 6 nitrogen and oxygen atoms in total. The fourth-order valence-corrected chi connectivity index (χ4v) is 2.99. The predicted molar refractivity (Wildman–Crippen MR) is 83.7 cm³/mol. The Morgan fingerprint density at radius 2 is 2.05 bits per heavy atom. The third kappa shape index (κ3) is 4.71. The molecule has 1 N–H and O–H groups in total. The Morgan fingerprint density at radius 3 is 2.64 bits per heavy atom. The van der Waals surface area contributed by atoms with Crippen LogP contribution in [0.4, 0.5) is 0 Å². The van der Waals surface area contributed by atoms with Crippen LogP contribution >= 0.6 is 0 Å². The summed E-state index contributed by atoms with van der Waals surface area (Å²) in [6, 6.07) is 6.54. The Morgan fingerprint density at radius 1 is 1.36 bits per heavy atom. The number of benzene rings is 1. The van der Waals surface area contributed by atoms with E-state index < -0.39 is 9.84 Å². The second-order valence-electron chi connectivity index (χ2n) is 5.54. The molecule has 22 heavy (non-hydrogen) atoms. The standard InChI is InChI=1S/C15H22N2O4S/c1-12-11-17(9-8-16-12)15(18)7-10-21-13-3-5-14(6-4-13)22(2,19)20/h3-6,12,16H,7-11H2,1-2H3/t12-/m0/s1. The molecule has 1 amide bonds. The summed E-state index contributed by atoms with van der Waals surface area (Å²) in [5.74, 6) is 0.648. The maximum atomic E-state index is 12.1.